The van der Waals surface area contributed by atoms with Gasteiger partial charge in [0, 0.05) is 23.1 Å². The minimum absolute atomic E-state index is 0.195. The van der Waals surface area contributed by atoms with E-state index in [1.807, 2.05) is 51.3 Å². The Bertz CT molecular complexity index is 1130. The van der Waals surface area contributed by atoms with Gasteiger partial charge in [0.1, 0.15) is 0 Å². The molecule has 0 amide bonds. The molecule has 152 valence electrons. The van der Waals surface area contributed by atoms with Gasteiger partial charge in [-0.05, 0) is 62.4 Å². The number of nitrogens with zero attached hydrogens (tertiary/aromatic N) is 1. The van der Waals surface area contributed by atoms with Crippen molar-refractivity contribution in [2.45, 2.75) is 44.4 Å². The van der Waals surface area contributed by atoms with Crippen LogP contribution in [0.3, 0.4) is 0 Å². The molecule has 0 saturated carbocycles. The maximum atomic E-state index is 12.9. The molecule has 2 aromatic heterocycles. The van der Waals surface area contributed by atoms with Crippen molar-refractivity contribution in [1.82, 2.24) is 14.9 Å². The van der Waals surface area contributed by atoms with Gasteiger partial charge in [-0.2, -0.15) is 5.26 Å². The highest BCUT2D eigenvalue weighted by atomic mass is 32.2. The molecule has 3 N–H and O–H groups in total. The molecule has 2 atom stereocenters. The minimum atomic E-state index is -1.30. The van der Waals surface area contributed by atoms with Crippen LogP contribution in [0, 0.1) is 11.3 Å². The summed E-state index contributed by atoms with van der Waals surface area (Å²) in [5, 5.41) is 16.6. The number of aromatic amines is 2. The Morgan fingerprint density at radius 3 is 2.52 bits per heavy atom. The molecule has 8 heteroatoms. The molecular formula is C21H24N4O2S2. The number of nitriles is 1. The molecule has 0 fully saturated rings. The molecule has 3 aromatic rings. The Balaban J connectivity index is 1.99. The largest absolute Gasteiger partial charge is 0.302 e. The van der Waals surface area contributed by atoms with E-state index >= 15 is 0 Å². The second-order valence-corrected chi connectivity index (χ2v) is 11.0. The number of nitrogens with one attached hydrogen (secondary N) is 3. The predicted octanol–water partition coefficient (Wildman–Crippen LogP) is 3.81. The monoisotopic (exact) mass is 428 g/mol. The van der Waals surface area contributed by atoms with Crippen molar-refractivity contribution in [3.8, 4) is 17.2 Å². The van der Waals surface area contributed by atoms with Gasteiger partial charge in [-0.3, -0.25) is 9.89 Å². The fourth-order valence-corrected chi connectivity index (χ4v) is 4.92. The smallest absolute Gasteiger partial charge is 0.264 e. The fraction of sp³-hybridized carbons (Fsp3) is 0.333. The first-order valence-corrected chi connectivity index (χ1v) is 11.2. The van der Waals surface area contributed by atoms with Crippen molar-refractivity contribution in [1.29, 1.82) is 5.26 Å². The molecule has 0 saturated heterocycles. The van der Waals surface area contributed by atoms with Crippen molar-refractivity contribution in [2.24, 2.45) is 0 Å². The summed E-state index contributed by atoms with van der Waals surface area (Å²) in [6.07, 6.45) is 0.464. The van der Waals surface area contributed by atoms with E-state index in [0.29, 0.717) is 12.0 Å². The number of hydrogen-bond acceptors (Lipinski definition) is 4. The average molecular weight is 429 g/mol. The number of rotatable bonds is 6. The van der Waals surface area contributed by atoms with Crippen LogP contribution in [0.4, 0.5) is 0 Å². The zero-order valence-corrected chi connectivity index (χ0v) is 18.5. The Labute approximate surface area is 176 Å². The van der Waals surface area contributed by atoms with Crippen LogP contribution < -0.4 is 10.3 Å². The van der Waals surface area contributed by atoms with E-state index in [1.165, 1.54) is 6.07 Å². The Hall–Kier alpha value is -2.47. The van der Waals surface area contributed by atoms with Crippen LogP contribution in [0.1, 0.15) is 43.8 Å². The highest BCUT2D eigenvalue weighted by Gasteiger charge is 2.34. The van der Waals surface area contributed by atoms with E-state index in [2.05, 4.69) is 27.1 Å². The highest BCUT2D eigenvalue weighted by Crippen LogP contribution is 2.35. The lowest BCUT2D eigenvalue weighted by atomic mass is 9.94. The van der Waals surface area contributed by atoms with Crippen molar-refractivity contribution in [2.75, 3.05) is 0 Å². The van der Waals surface area contributed by atoms with Crippen LogP contribution in [0.2, 0.25) is 0 Å². The van der Waals surface area contributed by atoms with E-state index in [1.54, 1.807) is 17.4 Å². The summed E-state index contributed by atoms with van der Waals surface area (Å²) in [4.78, 5) is 12.5. The van der Waals surface area contributed by atoms with Crippen LogP contribution in [0.25, 0.3) is 11.1 Å². The first-order valence-electron chi connectivity index (χ1n) is 9.16. The summed E-state index contributed by atoms with van der Waals surface area (Å²) >= 11 is 1.56. The van der Waals surface area contributed by atoms with Gasteiger partial charge in [0.05, 0.1) is 32.9 Å². The molecule has 2 unspecified atom stereocenters. The van der Waals surface area contributed by atoms with Crippen LogP contribution in [-0.4, -0.2) is 19.2 Å². The normalized spacial score (nSPS) is 14.9. The average Bonchev–Trinajstić information content (AvgIpc) is 3.30. The number of hydrogen-bond donors (Lipinski definition) is 3. The molecule has 6 nitrogen and oxygen atoms in total. The first-order chi connectivity index (χ1) is 13.6. The zero-order valence-electron chi connectivity index (χ0n) is 16.8. The minimum Gasteiger partial charge on any atom is -0.302 e. The lowest BCUT2D eigenvalue weighted by Gasteiger charge is -2.32. The van der Waals surface area contributed by atoms with E-state index in [4.69, 9.17) is 5.26 Å². The molecule has 0 aliphatic rings. The summed E-state index contributed by atoms with van der Waals surface area (Å²) in [5.41, 5.74) is 2.45. The van der Waals surface area contributed by atoms with Gasteiger partial charge >= 0.3 is 0 Å². The molecule has 1 aromatic carbocycles. The molecule has 0 aliphatic carbocycles. The third-order valence-corrected chi connectivity index (χ3v) is 7.48. The molecule has 3 rings (SSSR count). The van der Waals surface area contributed by atoms with Gasteiger partial charge < -0.3 is 5.10 Å². The van der Waals surface area contributed by atoms with Crippen molar-refractivity contribution in [3.05, 3.63) is 68.3 Å². The van der Waals surface area contributed by atoms with Gasteiger partial charge in [-0.1, -0.05) is 12.1 Å². The molecule has 0 radical (unpaired) electrons. The summed E-state index contributed by atoms with van der Waals surface area (Å²) in [6, 6.07) is 13.2. The Morgan fingerprint density at radius 1 is 1.14 bits per heavy atom. The maximum Gasteiger partial charge on any atom is 0.264 e. The summed E-state index contributed by atoms with van der Waals surface area (Å²) in [5.74, 6) is 0. The number of benzene rings is 1. The third-order valence-electron chi connectivity index (χ3n) is 4.54. The SMILES string of the molecule is CC(Cc1cc(=O)[nH][nH]1)(NS(=O)C(C)(C)C)c1cc(-c2cccc(C#N)c2)cs1. The molecule has 2 heterocycles. The van der Waals surface area contributed by atoms with Crippen molar-refractivity contribution in [3.63, 3.8) is 0 Å². The third kappa shape index (κ3) is 4.93. The number of aromatic nitrogens is 2. The molecule has 0 bridgehead atoms. The van der Waals surface area contributed by atoms with Crippen LogP contribution >= 0.6 is 11.3 Å². The van der Waals surface area contributed by atoms with Gasteiger partial charge in [-0.15, -0.1) is 11.3 Å². The second kappa shape index (κ2) is 8.11. The predicted molar refractivity (Wildman–Crippen MR) is 118 cm³/mol. The van der Waals surface area contributed by atoms with Gasteiger partial charge in [0.2, 0.25) is 0 Å². The quantitative estimate of drug-likeness (QED) is 0.556. The molecule has 0 spiro atoms. The lowest BCUT2D eigenvalue weighted by molar-refractivity contribution is 0.441. The van der Waals surface area contributed by atoms with Gasteiger partial charge in [0.15, 0.2) is 0 Å². The highest BCUT2D eigenvalue weighted by molar-refractivity contribution is 7.84. The van der Waals surface area contributed by atoms with Crippen molar-refractivity contribution < 1.29 is 4.21 Å². The maximum absolute atomic E-state index is 12.9. The number of thiophene rings is 1. The molecule has 29 heavy (non-hydrogen) atoms. The lowest BCUT2D eigenvalue weighted by Crippen LogP contribution is -2.47. The van der Waals surface area contributed by atoms with Crippen LogP contribution in [0.5, 0.6) is 0 Å². The number of H-pyrrole nitrogens is 2. The van der Waals surface area contributed by atoms with E-state index in [9.17, 15) is 9.00 Å². The second-order valence-electron chi connectivity index (χ2n) is 8.17. The summed E-state index contributed by atoms with van der Waals surface area (Å²) in [6.45, 7) is 7.75. The topological polar surface area (TPSA) is 102 Å². The standard InChI is InChI=1S/C21H24N4O2S2/c1-20(2,3)29(27)25-21(4,11-17-10-19(26)24-23-17)18-9-16(13-28-18)15-7-5-6-14(8-15)12-22/h5-10,13,25H,11H2,1-4H3,(H2,23,24,26). The molecule has 0 aliphatic heterocycles. The fourth-order valence-electron chi connectivity index (χ4n) is 2.92. The van der Waals surface area contributed by atoms with Crippen LogP contribution in [0.15, 0.2) is 46.6 Å². The van der Waals surface area contributed by atoms with Crippen molar-refractivity contribution >= 4 is 22.3 Å². The van der Waals surface area contributed by atoms with E-state index in [0.717, 1.165) is 21.7 Å². The van der Waals surface area contributed by atoms with E-state index < -0.39 is 21.3 Å². The Kier molecular flexibility index (Phi) is 5.94. The summed E-state index contributed by atoms with van der Waals surface area (Å²) < 4.78 is 15.8. The zero-order chi connectivity index (χ0) is 21.2. The van der Waals surface area contributed by atoms with Gasteiger partial charge in [0.25, 0.3) is 5.56 Å². The Morgan fingerprint density at radius 2 is 1.90 bits per heavy atom. The van der Waals surface area contributed by atoms with Gasteiger partial charge in [-0.25, -0.2) is 8.93 Å². The first kappa shape index (κ1) is 21.2. The summed E-state index contributed by atoms with van der Waals surface area (Å²) in [7, 11) is -1.30. The molecular weight excluding hydrogens is 404 g/mol. The van der Waals surface area contributed by atoms with E-state index in [-0.39, 0.29) is 5.56 Å². The van der Waals surface area contributed by atoms with Crippen LogP contribution in [-0.2, 0) is 22.9 Å².